The van der Waals surface area contributed by atoms with Crippen molar-refractivity contribution in [3.63, 3.8) is 0 Å². The van der Waals surface area contributed by atoms with Gasteiger partial charge in [-0.3, -0.25) is 0 Å². The zero-order chi connectivity index (χ0) is 13.8. The Morgan fingerprint density at radius 3 is 2.75 bits per heavy atom. The van der Waals surface area contributed by atoms with Crippen molar-refractivity contribution >= 4 is 11.8 Å². The molecule has 1 aromatic rings. The Kier molecular flexibility index (Phi) is 4.57. The average Bonchev–Trinajstić information content (AvgIpc) is 2.49. The quantitative estimate of drug-likeness (QED) is 0.911. The molecular weight excluding hydrogens is 266 g/mol. The summed E-state index contributed by atoms with van der Waals surface area (Å²) in [5, 5.41) is 0. The van der Waals surface area contributed by atoms with Gasteiger partial charge in [0, 0.05) is 11.3 Å². The normalized spacial score (nSPS) is 26.1. The topological polar surface area (TPSA) is 35.2 Å². The largest absolute Gasteiger partial charge is 0.490 e. The molecule has 1 saturated carbocycles. The van der Waals surface area contributed by atoms with Gasteiger partial charge in [-0.05, 0) is 49.1 Å². The van der Waals surface area contributed by atoms with Crippen molar-refractivity contribution in [2.45, 2.75) is 56.6 Å². The highest BCUT2D eigenvalue weighted by Crippen LogP contribution is 2.36. The van der Waals surface area contributed by atoms with Crippen LogP contribution in [-0.4, -0.2) is 17.6 Å². The average molecular weight is 291 g/mol. The second-order valence-electron chi connectivity index (χ2n) is 6.20. The first-order chi connectivity index (χ1) is 9.76. The Morgan fingerprint density at radius 1 is 1.15 bits per heavy atom. The van der Waals surface area contributed by atoms with Crippen LogP contribution in [0.1, 0.15) is 50.5 Å². The molecule has 1 aromatic carbocycles. The number of nitrogens with two attached hydrogens (primary N) is 1. The summed E-state index contributed by atoms with van der Waals surface area (Å²) >= 11 is 2.00. The molecule has 2 fully saturated rings. The highest BCUT2D eigenvalue weighted by molar-refractivity contribution is 7.99. The van der Waals surface area contributed by atoms with E-state index >= 15 is 0 Å². The molecular formula is C17H25NOS. The summed E-state index contributed by atoms with van der Waals surface area (Å²) in [5.41, 5.74) is 7.76. The van der Waals surface area contributed by atoms with Gasteiger partial charge in [-0.1, -0.05) is 31.4 Å². The van der Waals surface area contributed by atoms with E-state index in [2.05, 4.69) is 24.3 Å². The van der Waals surface area contributed by atoms with Crippen molar-refractivity contribution < 1.29 is 4.74 Å². The molecule has 0 bridgehead atoms. The molecule has 2 nitrogen and oxygen atoms in total. The zero-order valence-corrected chi connectivity index (χ0v) is 13.0. The van der Waals surface area contributed by atoms with Gasteiger partial charge >= 0.3 is 0 Å². The minimum atomic E-state index is -0.126. The lowest BCUT2D eigenvalue weighted by molar-refractivity contribution is 0.210. The fourth-order valence-electron chi connectivity index (χ4n) is 3.35. The Bertz CT molecular complexity index is 436. The van der Waals surface area contributed by atoms with Gasteiger partial charge in [0.15, 0.2) is 0 Å². The number of benzene rings is 1. The zero-order valence-electron chi connectivity index (χ0n) is 12.1. The third-order valence-electron chi connectivity index (χ3n) is 4.58. The van der Waals surface area contributed by atoms with E-state index in [-0.39, 0.29) is 5.54 Å². The molecule has 0 radical (unpaired) electrons. The maximum atomic E-state index is 6.62. The summed E-state index contributed by atoms with van der Waals surface area (Å²) in [4.78, 5) is 0. The molecule has 2 N–H and O–H groups in total. The van der Waals surface area contributed by atoms with Gasteiger partial charge in [-0.15, -0.1) is 0 Å². The second-order valence-corrected chi connectivity index (χ2v) is 7.35. The second kappa shape index (κ2) is 6.40. The van der Waals surface area contributed by atoms with Crippen LogP contribution in [0.5, 0.6) is 5.75 Å². The van der Waals surface area contributed by atoms with E-state index in [1.807, 2.05) is 11.8 Å². The summed E-state index contributed by atoms with van der Waals surface area (Å²) in [5.74, 6) is 3.41. The van der Waals surface area contributed by atoms with Crippen LogP contribution >= 0.6 is 11.8 Å². The molecule has 3 heteroatoms. The molecule has 2 aliphatic rings. The first-order valence-corrected chi connectivity index (χ1v) is 9.06. The van der Waals surface area contributed by atoms with Crippen LogP contribution < -0.4 is 10.5 Å². The van der Waals surface area contributed by atoms with Crippen LogP contribution in [0.15, 0.2) is 24.3 Å². The van der Waals surface area contributed by atoms with Gasteiger partial charge in [0.05, 0.1) is 0 Å². The van der Waals surface area contributed by atoms with Crippen LogP contribution in [-0.2, 0) is 5.54 Å². The predicted molar refractivity (Wildman–Crippen MR) is 86.4 cm³/mol. The fourth-order valence-corrected chi connectivity index (χ4v) is 4.38. The summed E-state index contributed by atoms with van der Waals surface area (Å²) in [6.45, 7) is 0. The predicted octanol–water partition coefficient (Wildman–Crippen LogP) is 4.08. The third kappa shape index (κ3) is 3.32. The number of ether oxygens (including phenoxy) is 1. The van der Waals surface area contributed by atoms with E-state index in [1.165, 1.54) is 43.4 Å². The van der Waals surface area contributed by atoms with E-state index in [9.17, 15) is 0 Å². The van der Waals surface area contributed by atoms with Crippen molar-refractivity contribution in [1.29, 1.82) is 0 Å². The van der Waals surface area contributed by atoms with E-state index < -0.39 is 0 Å². The van der Waals surface area contributed by atoms with Gasteiger partial charge in [-0.25, -0.2) is 0 Å². The molecule has 20 heavy (non-hydrogen) atoms. The maximum Gasteiger partial charge on any atom is 0.120 e. The van der Waals surface area contributed by atoms with Crippen LogP contribution in [0, 0.1) is 0 Å². The summed E-state index contributed by atoms with van der Waals surface area (Å²) in [7, 11) is 0. The molecule has 110 valence electrons. The molecule has 0 amide bonds. The number of hydrogen-bond donors (Lipinski definition) is 1. The summed E-state index contributed by atoms with van der Waals surface area (Å²) < 4.78 is 6.16. The van der Waals surface area contributed by atoms with Crippen molar-refractivity contribution in [1.82, 2.24) is 0 Å². The number of rotatable bonds is 3. The molecule has 1 heterocycles. The molecule has 1 atom stereocenters. The smallest absolute Gasteiger partial charge is 0.120 e. The molecule has 0 aromatic heterocycles. The first-order valence-electron chi connectivity index (χ1n) is 7.90. The van der Waals surface area contributed by atoms with Crippen LogP contribution in [0.4, 0.5) is 0 Å². The number of hydrogen-bond acceptors (Lipinski definition) is 3. The SMILES string of the molecule is NC1(c2cccc(OC3CCCSC3)c2)CCCCC1. The standard InChI is InChI=1S/C17H25NOS/c18-17(9-2-1-3-10-17)14-6-4-7-15(12-14)19-16-8-5-11-20-13-16/h4,6-7,12,16H,1-3,5,8-11,13,18H2. The lowest BCUT2D eigenvalue weighted by atomic mass is 9.77. The van der Waals surface area contributed by atoms with E-state index in [4.69, 9.17) is 10.5 Å². The van der Waals surface area contributed by atoms with Crippen molar-refractivity contribution in [2.24, 2.45) is 5.73 Å². The van der Waals surface area contributed by atoms with E-state index in [1.54, 1.807) is 0 Å². The monoisotopic (exact) mass is 291 g/mol. The molecule has 1 saturated heterocycles. The highest BCUT2D eigenvalue weighted by atomic mass is 32.2. The Labute approximate surface area is 126 Å². The maximum absolute atomic E-state index is 6.62. The van der Waals surface area contributed by atoms with Gasteiger partial charge < -0.3 is 10.5 Å². The minimum Gasteiger partial charge on any atom is -0.490 e. The van der Waals surface area contributed by atoms with Crippen LogP contribution in [0.2, 0.25) is 0 Å². The number of thioether (sulfide) groups is 1. The van der Waals surface area contributed by atoms with Crippen LogP contribution in [0.3, 0.4) is 0 Å². The molecule has 1 unspecified atom stereocenters. The minimum absolute atomic E-state index is 0.126. The van der Waals surface area contributed by atoms with Crippen LogP contribution in [0.25, 0.3) is 0 Å². The molecule has 3 rings (SSSR count). The van der Waals surface area contributed by atoms with Crippen molar-refractivity contribution in [3.05, 3.63) is 29.8 Å². The first kappa shape index (κ1) is 14.3. The third-order valence-corrected chi connectivity index (χ3v) is 5.76. The lowest BCUT2D eigenvalue weighted by Crippen LogP contribution is -2.38. The molecule has 1 aliphatic carbocycles. The molecule has 1 aliphatic heterocycles. The Balaban J connectivity index is 1.71. The summed E-state index contributed by atoms with van der Waals surface area (Å²) in [6.07, 6.45) is 8.88. The summed E-state index contributed by atoms with van der Waals surface area (Å²) in [6, 6.07) is 8.54. The Morgan fingerprint density at radius 2 is 2.00 bits per heavy atom. The highest BCUT2D eigenvalue weighted by Gasteiger charge is 2.29. The van der Waals surface area contributed by atoms with Gasteiger partial charge in [0.2, 0.25) is 0 Å². The van der Waals surface area contributed by atoms with E-state index in [0.717, 1.165) is 24.3 Å². The van der Waals surface area contributed by atoms with Gasteiger partial charge in [0.1, 0.15) is 11.9 Å². The van der Waals surface area contributed by atoms with E-state index in [0.29, 0.717) is 6.10 Å². The Hall–Kier alpha value is -0.670. The van der Waals surface area contributed by atoms with Crippen molar-refractivity contribution in [2.75, 3.05) is 11.5 Å². The van der Waals surface area contributed by atoms with Crippen molar-refractivity contribution in [3.8, 4) is 5.75 Å². The van der Waals surface area contributed by atoms with Gasteiger partial charge in [0.25, 0.3) is 0 Å². The van der Waals surface area contributed by atoms with Gasteiger partial charge in [-0.2, -0.15) is 11.8 Å². The fraction of sp³-hybridized carbons (Fsp3) is 0.647. The lowest BCUT2D eigenvalue weighted by Gasteiger charge is -2.34. The molecule has 0 spiro atoms.